The summed E-state index contributed by atoms with van der Waals surface area (Å²) in [4.78, 5) is 59.5. The number of hydrogen-bond donors (Lipinski definition) is 2. The van der Waals surface area contributed by atoms with Crippen molar-refractivity contribution in [2.45, 2.75) is 0 Å². The number of halogens is 2. The number of non-ortho nitro benzene ring substituents is 2. The average molecular weight is 693 g/mol. The van der Waals surface area contributed by atoms with Gasteiger partial charge in [0.15, 0.2) is 0 Å². The van der Waals surface area contributed by atoms with Crippen LogP contribution in [-0.4, -0.2) is 33.8 Å². The fraction of sp³-hybridized carbons (Fsp3) is 0. The van der Waals surface area contributed by atoms with Crippen molar-refractivity contribution in [1.82, 2.24) is 10.7 Å². The highest BCUT2D eigenvalue weighted by atomic mass is 79.9. The lowest BCUT2D eigenvalue weighted by molar-refractivity contribution is -0.385. The van der Waals surface area contributed by atoms with Crippen LogP contribution >= 0.6 is 27.5 Å². The first kappa shape index (κ1) is 32.2. The normalized spacial score (nSPS) is 11.1. The maximum Gasteiger partial charge on any atom is 0.343 e. The number of carbonyl (C=O) groups excluding carboxylic acids is 3. The van der Waals surface area contributed by atoms with Crippen LogP contribution in [0.5, 0.6) is 5.75 Å². The van der Waals surface area contributed by atoms with Crippen molar-refractivity contribution in [3.63, 3.8) is 0 Å². The van der Waals surface area contributed by atoms with Gasteiger partial charge in [0.2, 0.25) is 0 Å². The van der Waals surface area contributed by atoms with Crippen molar-refractivity contribution in [1.29, 1.82) is 0 Å². The fourth-order valence-electron chi connectivity index (χ4n) is 3.66. The molecule has 0 heterocycles. The molecule has 0 aliphatic heterocycles. The molecule has 0 aliphatic rings. The highest BCUT2D eigenvalue weighted by molar-refractivity contribution is 9.10. The molecule has 0 saturated heterocycles. The van der Waals surface area contributed by atoms with Gasteiger partial charge in [-0.25, -0.2) is 10.2 Å². The molecule has 13 nitrogen and oxygen atoms in total. The minimum Gasteiger partial charge on any atom is -0.422 e. The topological polar surface area (TPSA) is 183 Å². The molecule has 0 atom stereocenters. The lowest BCUT2D eigenvalue weighted by atomic mass is 10.1. The Morgan fingerprint density at radius 3 is 2.11 bits per heavy atom. The summed E-state index contributed by atoms with van der Waals surface area (Å²) in [5.74, 6) is -2.28. The number of ether oxygens (including phenoxy) is 1. The number of benzene rings is 4. The maximum atomic E-state index is 13.2. The predicted octanol–water partition coefficient (Wildman–Crippen LogP) is 6.06. The van der Waals surface area contributed by atoms with E-state index < -0.39 is 27.6 Å². The van der Waals surface area contributed by atoms with Gasteiger partial charge in [-0.1, -0.05) is 39.7 Å². The van der Waals surface area contributed by atoms with Crippen molar-refractivity contribution < 1.29 is 29.0 Å². The van der Waals surface area contributed by atoms with Gasteiger partial charge in [-0.15, -0.1) is 0 Å². The Morgan fingerprint density at radius 2 is 1.49 bits per heavy atom. The van der Waals surface area contributed by atoms with Crippen LogP contribution in [-0.2, 0) is 4.79 Å². The summed E-state index contributed by atoms with van der Waals surface area (Å²) in [6.45, 7) is 0. The van der Waals surface area contributed by atoms with Gasteiger partial charge in [0.25, 0.3) is 23.2 Å². The smallest absolute Gasteiger partial charge is 0.343 e. The lowest BCUT2D eigenvalue weighted by Gasteiger charge is -2.10. The second-order valence-electron chi connectivity index (χ2n) is 8.92. The Labute approximate surface area is 267 Å². The molecule has 0 spiro atoms. The number of hydrazone groups is 1. The number of hydrogen-bond acceptors (Lipinski definition) is 9. The van der Waals surface area contributed by atoms with E-state index in [1.54, 1.807) is 24.3 Å². The molecule has 0 unspecified atom stereocenters. The van der Waals surface area contributed by atoms with E-state index in [0.29, 0.717) is 10.0 Å². The highest BCUT2D eigenvalue weighted by Gasteiger charge is 2.18. The van der Waals surface area contributed by atoms with Crippen molar-refractivity contribution in [2.75, 3.05) is 0 Å². The molecule has 2 amide bonds. The van der Waals surface area contributed by atoms with Gasteiger partial charge in [-0.05, 0) is 66.2 Å². The molecule has 0 radical (unpaired) electrons. The predicted molar refractivity (Wildman–Crippen MR) is 168 cm³/mol. The number of nitrogens with one attached hydrogen (secondary N) is 2. The summed E-state index contributed by atoms with van der Waals surface area (Å²) in [6.07, 6.45) is 2.49. The standard InChI is InChI=1S/C30H19BrClN5O8/c31-21-9-14-27(45-30(40)19-7-12-23(13-8-19)37(43)44)20(16-21)17-33-35-29(39)26(15-18-5-10-22(11-6-18)36(41)42)34-28(38)24-3-1-2-4-25(24)32/h1-17H,(H,34,38)(H,35,39)/b26-15+,33-17+. The number of rotatable bonds is 10. The minimum absolute atomic E-state index is 0.0632. The van der Waals surface area contributed by atoms with E-state index in [1.807, 2.05) is 0 Å². The zero-order valence-corrected chi connectivity index (χ0v) is 25.0. The van der Waals surface area contributed by atoms with Gasteiger partial charge in [0.05, 0.1) is 32.2 Å². The quantitative estimate of drug-likeness (QED) is 0.0502. The molecule has 45 heavy (non-hydrogen) atoms. The third-order valence-electron chi connectivity index (χ3n) is 5.88. The zero-order chi connectivity index (χ0) is 32.5. The van der Waals surface area contributed by atoms with E-state index >= 15 is 0 Å². The molecule has 2 N–H and O–H groups in total. The molecular formula is C30H19BrClN5O8. The summed E-state index contributed by atoms with van der Waals surface area (Å²) in [5.41, 5.74) is 2.46. The van der Waals surface area contributed by atoms with E-state index in [1.165, 1.54) is 79.0 Å². The first-order valence-electron chi connectivity index (χ1n) is 12.6. The van der Waals surface area contributed by atoms with Crippen molar-refractivity contribution in [2.24, 2.45) is 5.10 Å². The molecule has 4 rings (SSSR count). The molecule has 15 heteroatoms. The van der Waals surface area contributed by atoms with Gasteiger partial charge in [-0.3, -0.25) is 29.8 Å². The van der Waals surface area contributed by atoms with E-state index in [-0.39, 0.29) is 44.5 Å². The Morgan fingerprint density at radius 1 is 0.867 bits per heavy atom. The number of amides is 2. The molecule has 0 aliphatic carbocycles. The van der Waals surface area contributed by atoms with Gasteiger partial charge in [-0.2, -0.15) is 5.10 Å². The van der Waals surface area contributed by atoms with Crippen LogP contribution in [0.4, 0.5) is 11.4 Å². The third kappa shape index (κ3) is 8.65. The maximum absolute atomic E-state index is 13.2. The molecule has 4 aromatic rings. The molecule has 0 aromatic heterocycles. The third-order valence-corrected chi connectivity index (χ3v) is 6.71. The van der Waals surface area contributed by atoms with Crippen molar-refractivity contribution in [3.05, 3.63) is 149 Å². The number of nitrogens with zero attached hydrogens (tertiary/aromatic N) is 3. The summed E-state index contributed by atoms with van der Waals surface area (Å²) in [7, 11) is 0. The van der Waals surface area contributed by atoms with Crippen LogP contribution < -0.4 is 15.5 Å². The summed E-state index contributed by atoms with van der Waals surface area (Å²) < 4.78 is 6.04. The largest absolute Gasteiger partial charge is 0.422 e. The Bertz CT molecular complexity index is 1860. The highest BCUT2D eigenvalue weighted by Crippen LogP contribution is 2.24. The van der Waals surface area contributed by atoms with Gasteiger partial charge in [0.1, 0.15) is 11.4 Å². The van der Waals surface area contributed by atoms with Gasteiger partial charge < -0.3 is 10.1 Å². The summed E-state index contributed by atoms with van der Waals surface area (Å²) in [6, 6.07) is 20.9. The Balaban J connectivity index is 1.55. The molecular weight excluding hydrogens is 674 g/mol. The summed E-state index contributed by atoms with van der Waals surface area (Å²) >= 11 is 9.44. The first-order chi connectivity index (χ1) is 21.5. The van der Waals surface area contributed by atoms with E-state index in [0.717, 1.165) is 0 Å². The van der Waals surface area contributed by atoms with Gasteiger partial charge >= 0.3 is 5.97 Å². The van der Waals surface area contributed by atoms with Crippen LogP contribution in [0, 0.1) is 20.2 Å². The SMILES string of the molecule is O=C(N/N=C/c1cc(Br)ccc1OC(=O)c1ccc([N+](=O)[O-])cc1)/C(=C\c1ccc([N+](=O)[O-])cc1)NC(=O)c1ccccc1Cl. The van der Waals surface area contributed by atoms with E-state index in [9.17, 15) is 34.6 Å². The van der Waals surface area contributed by atoms with E-state index in [2.05, 4.69) is 31.8 Å². The van der Waals surface area contributed by atoms with Crippen LogP contribution in [0.1, 0.15) is 31.8 Å². The molecule has 4 aromatic carbocycles. The van der Waals surface area contributed by atoms with Gasteiger partial charge in [0, 0.05) is 34.3 Å². The minimum atomic E-state index is -0.857. The summed E-state index contributed by atoms with van der Waals surface area (Å²) in [5, 5.41) is 28.5. The zero-order valence-electron chi connectivity index (χ0n) is 22.7. The van der Waals surface area contributed by atoms with Crippen LogP contribution in [0.2, 0.25) is 5.02 Å². The van der Waals surface area contributed by atoms with Crippen LogP contribution in [0.15, 0.2) is 106 Å². The number of carbonyl (C=O) groups is 3. The second kappa shape index (κ2) is 14.6. The number of esters is 1. The fourth-order valence-corrected chi connectivity index (χ4v) is 4.26. The Kier molecular flexibility index (Phi) is 10.5. The molecule has 226 valence electrons. The lowest BCUT2D eigenvalue weighted by Crippen LogP contribution is -2.33. The monoisotopic (exact) mass is 691 g/mol. The average Bonchev–Trinajstić information content (AvgIpc) is 3.02. The second-order valence-corrected chi connectivity index (χ2v) is 10.2. The van der Waals surface area contributed by atoms with Crippen LogP contribution in [0.3, 0.4) is 0 Å². The molecule has 0 fully saturated rings. The van der Waals surface area contributed by atoms with E-state index in [4.69, 9.17) is 16.3 Å². The Hall–Kier alpha value is -5.73. The first-order valence-corrected chi connectivity index (χ1v) is 13.8. The van der Waals surface area contributed by atoms with Crippen molar-refractivity contribution in [3.8, 4) is 5.75 Å². The van der Waals surface area contributed by atoms with Crippen LogP contribution in [0.25, 0.3) is 6.08 Å². The molecule has 0 saturated carbocycles. The number of nitro benzene ring substituents is 2. The molecule has 0 bridgehead atoms. The number of nitro groups is 2. The van der Waals surface area contributed by atoms with Crippen molar-refractivity contribution >= 4 is 69.0 Å².